The van der Waals surface area contributed by atoms with Gasteiger partial charge in [0.05, 0.1) is 4.90 Å². The zero-order valence-electron chi connectivity index (χ0n) is 14.4. The average Bonchev–Trinajstić information content (AvgIpc) is 3.03. The standard InChI is InChI=1S/C18H25N3O2S/c1-3-18-19-10-13-20(18)14-16-8-11-21(12-9-16)24(22,23)17-6-4-15(2)5-7-17/h4-7,10,13,16H,3,8-9,11-12,14H2,1-2H3. The lowest BCUT2D eigenvalue weighted by Crippen LogP contribution is -2.39. The molecule has 0 aliphatic carbocycles. The summed E-state index contributed by atoms with van der Waals surface area (Å²) >= 11 is 0. The highest BCUT2D eigenvalue weighted by Gasteiger charge is 2.29. The minimum Gasteiger partial charge on any atom is -0.335 e. The number of benzene rings is 1. The van der Waals surface area contributed by atoms with Crippen LogP contribution in [0.3, 0.4) is 0 Å². The number of aromatic nitrogens is 2. The van der Waals surface area contributed by atoms with Crippen molar-refractivity contribution in [3.05, 3.63) is 48.0 Å². The van der Waals surface area contributed by atoms with Crippen LogP contribution in [0.1, 0.15) is 31.2 Å². The van der Waals surface area contributed by atoms with Crippen LogP contribution < -0.4 is 0 Å². The fourth-order valence-corrected chi connectivity index (χ4v) is 4.76. The molecule has 0 unspecified atom stereocenters. The van der Waals surface area contributed by atoms with E-state index in [0.717, 1.165) is 37.2 Å². The van der Waals surface area contributed by atoms with Gasteiger partial charge in [-0.15, -0.1) is 0 Å². The van der Waals surface area contributed by atoms with Crippen molar-refractivity contribution in [2.45, 2.75) is 44.6 Å². The van der Waals surface area contributed by atoms with Crippen LogP contribution in [0.5, 0.6) is 0 Å². The van der Waals surface area contributed by atoms with Gasteiger partial charge in [-0.2, -0.15) is 4.31 Å². The highest BCUT2D eigenvalue weighted by Crippen LogP contribution is 2.25. The van der Waals surface area contributed by atoms with Crippen LogP contribution in [0.4, 0.5) is 0 Å². The second-order valence-corrected chi connectivity index (χ2v) is 8.45. The van der Waals surface area contributed by atoms with Crippen molar-refractivity contribution in [1.29, 1.82) is 0 Å². The van der Waals surface area contributed by atoms with E-state index >= 15 is 0 Å². The van der Waals surface area contributed by atoms with Crippen LogP contribution in [-0.2, 0) is 23.0 Å². The van der Waals surface area contributed by atoms with E-state index in [1.807, 2.05) is 31.5 Å². The summed E-state index contributed by atoms with van der Waals surface area (Å²) in [7, 11) is -3.36. The topological polar surface area (TPSA) is 55.2 Å². The summed E-state index contributed by atoms with van der Waals surface area (Å²) < 4.78 is 29.3. The molecule has 24 heavy (non-hydrogen) atoms. The molecule has 6 heteroatoms. The lowest BCUT2D eigenvalue weighted by molar-refractivity contribution is 0.251. The summed E-state index contributed by atoms with van der Waals surface area (Å²) in [6.07, 6.45) is 6.58. The molecule has 1 aliphatic rings. The molecule has 2 aromatic rings. The van der Waals surface area contributed by atoms with Crippen LogP contribution in [0, 0.1) is 12.8 Å². The molecule has 1 fully saturated rings. The molecular weight excluding hydrogens is 322 g/mol. The summed E-state index contributed by atoms with van der Waals surface area (Å²) in [6, 6.07) is 7.11. The van der Waals surface area contributed by atoms with Gasteiger partial charge in [0.15, 0.2) is 0 Å². The Morgan fingerprint density at radius 3 is 2.46 bits per heavy atom. The van der Waals surface area contributed by atoms with Crippen molar-refractivity contribution in [3.63, 3.8) is 0 Å². The van der Waals surface area contributed by atoms with Gasteiger partial charge in [0, 0.05) is 38.4 Å². The SMILES string of the molecule is CCc1nccn1CC1CCN(S(=O)(=O)c2ccc(C)cc2)CC1. The molecule has 1 saturated heterocycles. The Hall–Kier alpha value is -1.66. The minimum atomic E-state index is -3.36. The van der Waals surface area contributed by atoms with Crippen LogP contribution in [0.15, 0.2) is 41.6 Å². The van der Waals surface area contributed by atoms with Gasteiger partial charge in [-0.3, -0.25) is 0 Å². The summed E-state index contributed by atoms with van der Waals surface area (Å²) in [5, 5.41) is 0. The van der Waals surface area contributed by atoms with Gasteiger partial charge >= 0.3 is 0 Å². The Balaban J connectivity index is 1.63. The number of hydrogen-bond acceptors (Lipinski definition) is 3. The second-order valence-electron chi connectivity index (χ2n) is 6.51. The quantitative estimate of drug-likeness (QED) is 0.836. The lowest BCUT2D eigenvalue weighted by Gasteiger charge is -2.31. The van der Waals surface area contributed by atoms with Crippen molar-refractivity contribution in [2.75, 3.05) is 13.1 Å². The third-order valence-corrected chi connectivity index (χ3v) is 6.72. The zero-order valence-corrected chi connectivity index (χ0v) is 15.2. The third-order valence-electron chi connectivity index (χ3n) is 4.81. The van der Waals surface area contributed by atoms with Gasteiger partial charge in [-0.1, -0.05) is 24.6 Å². The molecular formula is C18H25N3O2S. The van der Waals surface area contributed by atoms with Crippen LogP contribution >= 0.6 is 0 Å². The summed E-state index contributed by atoms with van der Waals surface area (Å²) in [6.45, 7) is 6.19. The molecule has 1 aromatic heterocycles. The van der Waals surface area contributed by atoms with E-state index in [2.05, 4.69) is 16.5 Å². The minimum absolute atomic E-state index is 0.398. The molecule has 2 heterocycles. The summed E-state index contributed by atoms with van der Waals surface area (Å²) in [5.41, 5.74) is 1.07. The monoisotopic (exact) mass is 347 g/mol. The maximum Gasteiger partial charge on any atom is 0.243 e. The highest BCUT2D eigenvalue weighted by atomic mass is 32.2. The highest BCUT2D eigenvalue weighted by molar-refractivity contribution is 7.89. The first-order chi connectivity index (χ1) is 11.5. The van der Waals surface area contributed by atoms with E-state index in [9.17, 15) is 8.42 Å². The Morgan fingerprint density at radius 2 is 1.83 bits per heavy atom. The van der Waals surface area contributed by atoms with Crippen molar-refractivity contribution in [3.8, 4) is 0 Å². The van der Waals surface area contributed by atoms with Crippen LogP contribution in [0.25, 0.3) is 0 Å². The third kappa shape index (κ3) is 3.54. The van der Waals surface area contributed by atoms with E-state index in [4.69, 9.17) is 0 Å². The molecule has 0 amide bonds. The number of nitrogens with zero attached hydrogens (tertiary/aromatic N) is 3. The molecule has 0 radical (unpaired) electrons. The van der Waals surface area contributed by atoms with Crippen molar-refractivity contribution in [2.24, 2.45) is 5.92 Å². The molecule has 1 aromatic carbocycles. The second kappa shape index (κ2) is 7.07. The number of hydrogen-bond donors (Lipinski definition) is 0. The Bertz CT molecular complexity index is 773. The molecule has 3 rings (SSSR count). The summed E-state index contributed by atoms with van der Waals surface area (Å²) in [5.74, 6) is 1.61. The fraction of sp³-hybridized carbons (Fsp3) is 0.500. The van der Waals surface area contributed by atoms with Gasteiger partial charge in [0.2, 0.25) is 10.0 Å². The number of piperidine rings is 1. The van der Waals surface area contributed by atoms with E-state index in [0.29, 0.717) is 23.9 Å². The Kier molecular flexibility index (Phi) is 5.06. The normalized spacial score (nSPS) is 17.2. The van der Waals surface area contributed by atoms with Gasteiger partial charge in [0.1, 0.15) is 5.82 Å². The number of aryl methyl sites for hydroxylation is 2. The van der Waals surface area contributed by atoms with Gasteiger partial charge < -0.3 is 4.57 Å². The largest absolute Gasteiger partial charge is 0.335 e. The Labute approximate surface area is 144 Å². The fourth-order valence-electron chi connectivity index (χ4n) is 3.29. The zero-order chi connectivity index (χ0) is 17.2. The maximum absolute atomic E-state index is 12.7. The maximum atomic E-state index is 12.7. The lowest BCUT2D eigenvalue weighted by atomic mass is 9.98. The average molecular weight is 347 g/mol. The van der Waals surface area contributed by atoms with Gasteiger partial charge in [-0.25, -0.2) is 13.4 Å². The van der Waals surface area contributed by atoms with E-state index in [1.54, 1.807) is 16.4 Å². The van der Waals surface area contributed by atoms with E-state index in [-0.39, 0.29) is 0 Å². The van der Waals surface area contributed by atoms with Crippen molar-refractivity contribution < 1.29 is 8.42 Å². The van der Waals surface area contributed by atoms with Crippen LogP contribution in [-0.4, -0.2) is 35.4 Å². The van der Waals surface area contributed by atoms with Gasteiger partial charge in [0.25, 0.3) is 0 Å². The molecule has 1 aliphatic heterocycles. The molecule has 130 valence electrons. The predicted molar refractivity (Wildman–Crippen MR) is 94.3 cm³/mol. The smallest absolute Gasteiger partial charge is 0.243 e. The predicted octanol–water partition coefficient (Wildman–Crippen LogP) is 2.85. The number of sulfonamides is 1. The molecule has 0 N–H and O–H groups in total. The molecule has 0 bridgehead atoms. The van der Waals surface area contributed by atoms with Crippen molar-refractivity contribution in [1.82, 2.24) is 13.9 Å². The number of rotatable bonds is 5. The van der Waals surface area contributed by atoms with Crippen molar-refractivity contribution >= 4 is 10.0 Å². The molecule has 5 nitrogen and oxygen atoms in total. The van der Waals surface area contributed by atoms with Crippen LogP contribution in [0.2, 0.25) is 0 Å². The number of imidazole rings is 1. The van der Waals surface area contributed by atoms with E-state index < -0.39 is 10.0 Å². The molecule has 0 spiro atoms. The van der Waals surface area contributed by atoms with Gasteiger partial charge in [-0.05, 0) is 37.8 Å². The first-order valence-electron chi connectivity index (χ1n) is 8.57. The Morgan fingerprint density at radius 1 is 1.17 bits per heavy atom. The molecule has 0 saturated carbocycles. The van der Waals surface area contributed by atoms with E-state index in [1.165, 1.54) is 0 Å². The first-order valence-corrected chi connectivity index (χ1v) is 10.0. The first kappa shape index (κ1) is 17.2. The summed E-state index contributed by atoms with van der Waals surface area (Å²) in [4.78, 5) is 4.76. The molecule has 0 atom stereocenters.